The average Bonchev–Trinajstić information content (AvgIpc) is 2.16. The Kier molecular flexibility index (Phi) is 4.12. The third-order valence-corrected chi connectivity index (χ3v) is 2.59. The normalized spacial score (nSPS) is 12.1. The van der Waals surface area contributed by atoms with E-state index in [4.69, 9.17) is 5.26 Å². The molecule has 0 spiro atoms. The van der Waals surface area contributed by atoms with E-state index < -0.39 is 0 Å². The highest BCUT2D eigenvalue weighted by molar-refractivity contribution is 9.10. The van der Waals surface area contributed by atoms with Gasteiger partial charge in [-0.3, -0.25) is 5.32 Å². The zero-order valence-corrected chi connectivity index (χ0v) is 9.93. The van der Waals surface area contributed by atoms with Gasteiger partial charge in [0.2, 0.25) is 0 Å². The first-order valence-electron chi connectivity index (χ1n) is 4.51. The molecule has 0 aliphatic rings. The van der Waals surface area contributed by atoms with Gasteiger partial charge in [-0.15, -0.1) is 0 Å². The highest BCUT2D eigenvalue weighted by Gasteiger charge is 2.01. The van der Waals surface area contributed by atoms with E-state index in [0.29, 0.717) is 0 Å². The van der Waals surface area contributed by atoms with Gasteiger partial charge in [0.15, 0.2) is 0 Å². The van der Waals surface area contributed by atoms with Crippen molar-refractivity contribution in [2.45, 2.75) is 26.4 Å². The number of aryl methyl sites for hydroxylation is 1. The van der Waals surface area contributed by atoms with Gasteiger partial charge in [0.1, 0.15) is 0 Å². The molecule has 0 aliphatic carbocycles. The summed E-state index contributed by atoms with van der Waals surface area (Å²) in [5, 5.41) is 11.7. The van der Waals surface area contributed by atoms with E-state index in [-0.39, 0.29) is 6.04 Å². The highest BCUT2D eigenvalue weighted by atomic mass is 79.9. The molecule has 2 nitrogen and oxygen atoms in total. The van der Waals surface area contributed by atoms with Crippen molar-refractivity contribution in [3.05, 3.63) is 33.8 Å². The monoisotopic (exact) mass is 252 g/mol. The molecule has 0 fully saturated rings. The Labute approximate surface area is 93.1 Å². The maximum atomic E-state index is 8.61. The Morgan fingerprint density at radius 2 is 2.29 bits per heavy atom. The van der Waals surface area contributed by atoms with Gasteiger partial charge in [0.25, 0.3) is 0 Å². The van der Waals surface area contributed by atoms with Gasteiger partial charge in [-0.25, -0.2) is 0 Å². The molecule has 3 heteroatoms. The van der Waals surface area contributed by atoms with Crippen LogP contribution in [0.4, 0.5) is 0 Å². The molecule has 0 amide bonds. The third kappa shape index (κ3) is 3.13. The van der Waals surface area contributed by atoms with Gasteiger partial charge in [-0.2, -0.15) is 5.26 Å². The fourth-order valence-corrected chi connectivity index (χ4v) is 1.64. The maximum Gasteiger partial charge on any atom is 0.0927 e. The molecule has 1 unspecified atom stereocenters. The van der Waals surface area contributed by atoms with Gasteiger partial charge in [-0.1, -0.05) is 22.0 Å². The van der Waals surface area contributed by atoms with Crippen LogP contribution in [0.25, 0.3) is 0 Å². The molecule has 1 N–H and O–H groups in total. The van der Waals surface area contributed by atoms with E-state index >= 15 is 0 Å². The molecule has 0 radical (unpaired) electrons. The van der Waals surface area contributed by atoms with Crippen molar-refractivity contribution in [2.24, 2.45) is 0 Å². The molecule has 0 aliphatic heterocycles. The fraction of sp³-hybridized carbons (Fsp3) is 0.364. The van der Waals surface area contributed by atoms with Crippen molar-refractivity contribution in [1.29, 1.82) is 5.26 Å². The van der Waals surface area contributed by atoms with E-state index in [9.17, 15) is 0 Å². The Morgan fingerprint density at radius 1 is 1.57 bits per heavy atom. The molecule has 0 saturated carbocycles. The number of nitriles is 1. The van der Waals surface area contributed by atoms with Crippen molar-refractivity contribution < 1.29 is 0 Å². The quantitative estimate of drug-likeness (QED) is 0.899. The molecule has 0 heterocycles. The molecular weight excluding hydrogens is 240 g/mol. The summed E-state index contributed by atoms with van der Waals surface area (Å²) in [6, 6.07) is 8.20. The lowest BCUT2D eigenvalue weighted by atomic mass is 10.1. The van der Waals surface area contributed by atoms with Gasteiger partial charge in [0, 0.05) is 11.0 Å². The number of halogens is 1. The van der Waals surface area contributed by atoms with Crippen LogP contribution < -0.4 is 5.32 Å². The molecule has 1 aromatic carbocycles. The minimum absolute atomic E-state index is 0.0990. The summed E-state index contributed by atoms with van der Waals surface area (Å²) < 4.78 is 1.09. The molecule has 14 heavy (non-hydrogen) atoms. The van der Waals surface area contributed by atoms with Crippen LogP contribution in [-0.2, 0) is 6.54 Å². The molecule has 1 atom stereocenters. The number of hydrogen-bond donors (Lipinski definition) is 1. The first-order valence-corrected chi connectivity index (χ1v) is 5.31. The zero-order chi connectivity index (χ0) is 10.6. The van der Waals surface area contributed by atoms with Crippen LogP contribution in [0.5, 0.6) is 0 Å². The van der Waals surface area contributed by atoms with E-state index in [2.05, 4.69) is 46.4 Å². The standard InChI is InChI=1S/C11H13BrN2/c1-8-5-11(12)4-3-10(8)7-14-9(2)6-13/h3-5,9,14H,7H2,1-2H3. The molecule has 0 saturated heterocycles. The van der Waals surface area contributed by atoms with Gasteiger partial charge < -0.3 is 0 Å². The van der Waals surface area contributed by atoms with Crippen molar-refractivity contribution in [3.63, 3.8) is 0 Å². The Bertz CT molecular complexity index is 355. The third-order valence-electron chi connectivity index (χ3n) is 2.10. The van der Waals surface area contributed by atoms with Crippen molar-refractivity contribution >= 4 is 15.9 Å². The summed E-state index contributed by atoms with van der Waals surface area (Å²) in [5.74, 6) is 0. The maximum absolute atomic E-state index is 8.61. The number of hydrogen-bond acceptors (Lipinski definition) is 2. The van der Waals surface area contributed by atoms with Gasteiger partial charge >= 0.3 is 0 Å². The van der Waals surface area contributed by atoms with Crippen LogP contribution in [0.2, 0.25) is 0 Å². The minimum Gasteiger partial charge on any atom is -0.298 e. The highest BCUT2D eigenvalue weighted by Crippen LogP contribution is 2.15. The van der Waals surface area contributed by atoms with Crippen LogP contribution in [0, 0.1) is 18.3 Å². The topological polar surface area (TPSA) is 35.8 Å². The lowest BCUT2D eigenvalue weighted by Gasteiger charge is -2.09. The second-order valence-electron chi connectivity index (χ2n) is 3.30. The Hall–Kier alpha value is -0.850. The lowest BCUT2D eigenvalue weighted by Crippen LogP contribution is -2.23. The predicted molar refractivity (Wildman–Crippen MR) is 60.8 cm³/mol. The predicted octanol–water partition coefficient (Wildman–Crippen LogP) is 2.76. The van der Waals surface area contributed by atoms with Gasteiger partial charge in [-0.05, 0) is 37.1 Å². The van der Waals surface area contributed by atoms with E-state index in [1.165, 1.54) is 11.1 Å². The second-order valence-corrected chi connectivity index (χ2v) is 4.22. The number of rotatable bonds is 3. The van der Waals surface area contributed by atoms with Crippen molar-refractivity contribution in [1.82, 2.24) is 5.32 Å². The Balaban J connectivity index is 2.64. The fourth-order valence-electron chi connectivity index (χ4n) is 1.17. The minimum atomic E-state index is -0.0990. The van der Waals surface area contributed by atoms with E-state index in [1.54, 1.807) is 0 Å². The number of nitrogens with zero attached hydrogens (tertiary/aromatic N) is 1. The molecule has 0 bridgehead atoms. The zero-order valence-electron chi connectivity index (χ0n) is 8.34. The summed E-state index contributed by atoms with van der Waals surface area (Å²) in [6.07, 6.45) is 0. The second kappa shape index (κ2) is 5.14. The molecule has 1 aromatic rings. The van der Waals surface area contributed by atoms with Gasteiger partial charge in [0.05, 0.1) is 12.1 Å². The molecular formula is C11H13BrN2. The first kappa shape index (κ1) is 11.2. The lowest BCUT2D eigenvalue weighted by molar-refractivity contribution is 0.640. The van der Waals surface area contributed by atoms with Crippen LogP contribution >= 0.6 is 15.9 Å². The SMILES string of the molecule is Cc1cc(Br)ccc1CNC(C)C#N. The smallest absolute Gasteiger partial charge is 0.0927 e. The van der Waals surface area contributed by atoms with Crippen LogP contribution in [0.15, 0.2) is 22.7 Å². The summed E-state index contributed by atoms with van der Waals surface area (Å²) >= 11 is 3.42. The summed E-state index contributed by atoms with van der Waals surface area (Å²) in [6.45, 7) is 4.67. The molecule has 1 rings (SSSR count). The van der Waals surface area contributed by atoms with E-state index in [0.717, 1.165) is 11.0 Å². The first-order chi connectivity index (χ1) is 6.63. The average molecular weight is 253 g/mol. The van der Waals surface area contributed by atoms with Crippen molar-refractivity contribution in [2.75, 3.05) is 0 Å². The molecule has 74 valence electrons. The largest absolute Gasteiger partial charge is 0.298 e. The number of benzene rings is 1. The van der Waals surface area contributed by atoms with Crippen LogP contribution in [-0.4, -0.2) is 6.04 Å². The Morgan fingerprint density at radius 3 is 2.86 bits per heavy atom. The van der Waals surface area contributed by atoms with E-state index in [1.807, 2.05) is 13.0 Å². The van der Waals surface area contributed by atoms with Crippen LogP contribution in [0.1, 0.15) is 18.1 Å². The molecule has 0 aromatic heterocycles. The summed E-state index contributed by atoms with van der Waals surface area (Å²) in [7, 11) is 0. The van der Waals surface area contributed by atoms with Crippen molar-refractivity contribution in [3.8, 4) is 6.07 Å². The van der Waals surface area contributed by atoms with Crippen LogP contribution in [0.3, 0.4) is 0 Å². The summed E-state index contributed by atoms with van der Waals surface area (Å²) in [5.41, 5.74) is 2.47. The number of nitrogens with one attached hydrogen (secondary N) is 1. The summed E-state index contributed by atoms with van der Waals surface area (Å²) in [4.78, 5) is 0.